The summed E-state index contributed by atoms with van der Waals surface area (Å²) in [7, 11) is 0. The van der Waals surface area contributed by atoms with Crippen LogP contribution in [0.3, 0.4) is 0 Å². The molecule has 1 aliphatic heterocycles. The second-order valence-corrected chi connectivity index (χ2v) is 6.08. The van der Waals surface area contributed by atoms with Crippen molar-refractivity contribution >= 4 is 40.0 Å². The van der Waals surface area contributed by atoms with Crippen LogP contribution in [0.4, 0.5) is 5.13 Å². The Morgan fingerprint density at radius 2 is 2.47 bits per heavy atom. The average molecular weight is 255 g/mol. The summed E-state index contributed by atoms with van der Waals surface area (Å²) in [5.41, 5.74) is 1.44. The maximum absolute atomic E-state index is 5.04. The lowest BCUT2D eigenvalue weighted by Crippen LogP contribution is -2.29. The Balaban J connectivity index is 1.90. The van der Waals surface area contributed by atoms with Crippen LogP contribution >= 0.6 is 34.9 Å². The first kappa shape index (κ1) is 9.50. The third-order valence-corrected chi connectivity index (χ3v) is 4.68. The van der Waals surface area contributed by atoms with Crippen molar-refractivity contribution in [1.29, 1.82) is 0 Å². The van der Waals surface area contributed by atoms with Gasteiger partial charge in [0.05, 0.1) is 0 Å². The van der Waals surface area contributed by atoms with E-state index in [0.29, 0.717) is 0 Å². The normalized spacial score (nSPS) is 15.3. The molecule has 6 heteroatoms. The number of aromatic nitrogens is 2. The van der Waals surface area contributed by atoms with Crippen LogP contribution in [0.5, 0.6) is 0 Å². The Morgan fingerprint density at radius 1 is 1.53 bits per heavy atom. The zero-order valence-electron chi connectivity index (χ0n) is 7.90. The standard InChI is InChI=1S/C9H9N3S3/c13-9-11-10-8(15-9)12-3-1-7-6(5-12)2-4-14-7/h2,4H,1,3,5H2,(H,11,13). The summed E-state index contributed by atoms with van der Waals surface area (Å²) in [4.78, 5) is 3.80. The Labute approximate surface area is 100 Å². The summed E-state index contributed by atoms with van der Waals surface area (Å²) in [5.74, 6) is 0. The van der Waals surface area contributed by atoms with Crippen molar-refractivity contribution in [3.05, 3.63) is 25.8 Å². The molecule has 0 spiro atoms. The van der Waals surface area contributed by atoms with Crippen molar-refractivity contribution in [3.8, 4) is 0 Å². The fourth-order valence-electron chi connectivity index (χ4n) is 1.77. The van der Waals surface area contributed by atoms with Crippen LogP contribution in [0.2, 0.25) is 0 Å². The number of hydrogen-bond donors (Lipinski definition) is 1. The Morgan fingerprint density at radius 3 is 3.27 bits per heavy atom. The average Bonchev–Trinajstić information content (AvgIpc) is 2.84. The van der Waals surface area contributed by atoms with Gasteiger partial charge in [0.25, 0.3) is 0 Å². The molecule has 3 nitrogen and oxygen atoms in total. The van der Waals surface area contributed by atoms with Crippen LogP contribution < -0.4 is 4.90 Å². The maximum atomic E-state index is 5.04. The fourth-order valence-corrected chi connectivity index (χ4v) is 3.56. The first-order valence-electron chi connectivity index (χ1n) is 4.68. The highest BCUT2D eigenvalue weighted by Crippen LogP contribution is 2.28. The molecule has 0 bridgehead atoms. The fraction of sp³-hybridized carbons (Fsp3) is 0.333. The zero-order chi connectivity index (χ0) is 10.3. The van der Waals surface area contributed by atoms with Crippen LogP contribution in [-0.4, -0.2) is 16.7 Å². The van der Waals surface area contributed by atoms with E-state index in [-0.39, 0.29) is 0 Å². The molecule has 78 valence electrons. The number of hydrogen-bond acceptors (Lipinski definition) is 5. The molecule has 0 aromatic carbocycles. The quantitative estimate of drug-likeness (QED) is 0.795. The highest BCUT2D eigenvalue weighted by Gasteiger charge is 2.19. The Hall–Kier alpha value is -0.720. The number of fused-ring (bicyclic) bond motifs is 1. The van der Waals surface area contributed by atoms with Crippen LogP contribution in [-0.2, 0) is 13.0 Å². The smallest absolute Gasteiger partial charge is 0.207 e. The minimum Gasteiger partial charge on any atom is -0.342 e. The lowest BCUT2D eigenvalue weighted by molar-refractivity contribution is 0.735. The molecule has 2 aromatic heterocycles. The lowest BCUT2D eigenvalue weighted by atomic mass is 10.1. The van der Waals surface area contributed by atoms with Gasteiger partial charge in [0.2, 0.25) is 5.13 Å². The van der Waals surface area contributed by atoms with Crippen LogP contribution in [0.1, 0.15) is 10.4 Å². The van der Waals surface area contributed by atoms with Crippen molar-refractivity contribution in [3.63, 3.8) is 0 Å². The second-order valence-electron chi connectivity index (χ2n) is 3.44. The summed E-state index contributed by atoms with van der Waals surface area (Å²) in [6, 6.07) is 2.21. The first-order chi connectivity index (χ1) is 7.33. The minimum atomic E-state index is 0.751. The number of anilines is 1. The van der Waals surface area contributed by atoms with E-state index in [4.69, 9.17) is 12.2 Å². The van der Waals surface area contributed by atoms with Gasteiger partial charge >= 0.3 is 0 Å². The van der Waals surface area contributed by atoms with Gasteiger partial charge in [-0.25, -0.2) is 0 Å². The van der Waals surface area contributed by atoms with Gasteiger partial charge in [-0.05, 0) is 35.6 Å². The molecule has 15 heavy (non-hydrogen) atoms. The third-order valence-electron chi connectivity index (χ3n) is 2.51. The highest BCUT2D eigenvalue weighted by atomic mass is 32.1. The van der Waals surface area contributed by atoms with Crippen molar-refractivity contribution in [1.82, 2.24) is 10.2 Å². The molecule has 0 fully saturated rings. The van der Waals surface area contributed by atoms with E-state index in [2.05, 4.69) is 26.5 Å². The van der Waals surface area contributed by atoms with Crippen molar-refractivity contribution in [2.24, 2.45) is 0 Å². The largest absolute Gasteiger partial charge is 0.342 e. The van der Waals surface area contributed by atoms with Crippen molar-refractivity contribution in [2.75, 3.05) is 11.4 Å². The van der Waals surface area contributed by atoms with Gasteiger partial charge in [-0.2, -0.15) is 0 Å². The van der Waals surface area contributed by atoms with Crippen LogP contribution in [0, 0.1) is 3.95 Å². The Bertz CT molecular complexity index is 524. The van der Waals surface area contributed by atoms with Gasteiger partial charge < -0.3 is 4.90 Å². The van der Waals surface area contributed by atoms with Gasteiger partial charge in [-0.3, -0.25) is 5.10 Å². The molecular weight excluding hydrogens is 246 g/mol. The van der Waals surface area contributed by atoms with Gasteiger partial charge in [-0.15, -0.1) is 16.4 Å². The minimum absolute atomic E-state index is 0.751. The predicted octanol–water partition coefficient (Wildman–Crippen LogP) is 2.82. The number of aromatic amines is 1. The molecule has 0 amide bonds. The van der Waals surface area contributed by atoms with Crippen LogP contribution in [0.25, 0.3) is 0 Å². The number of thiophene rings is 1. The number of nitrogens with one attached hydrogen (secondary N) is 1. The number of H-pyrrole nitrogens is 1. The summed E-state index contributed by atoms with van der Waals surface area (Å²) >= 11 is 8.44. The SMILES string of the molecule is S=c1[nH]nc(N2CCc3sccc3C2)s1. The van der Waals surface area contributed by atoms with E-state index >= 15 is 0 Å². The monoisotopic (exact) mass is 255 g/mol. The predicted molar refractivity (Wildman–Crippen MR) is 66.4 cm³/mol. The summed E-state index contributed by atoms with van der Waals surface area (Å²) in [5, 5.41) is 10.2. The van der Waals surface area contributed by atoms with E-state index in [1.165, 1.54) is 10.4 Å². The molecular formula is C9H9N3S3. The first-order valence-corrected chi connectivity index (χ1v) is 6.79. The molecule has 0 saturated carbocycles. The molecule has 0 unspecified atom stereocenters. The van der Waals surface area contributed by atoms with Crippen LogP contribution in [0.15, 0.2) is 11.4 Å². The summed E-state index contributed by atoms with van der Waals surface area (Å²) in [6.45, 7) is 2.01. The van der Waals surface area contributed by atoms with E-state index < -0.39 is 0 Å². The van der Waals surface area contributed by atoms with Gasteiger partial charge in [0, 0.05) is 18.0 Å². The summed E-state index contributed by atoms with van der Waals surface area (Å²) < 4.78 is 0.751. The number of rotatable bonds is 1. The summed E-state index contributed by atoms with van der Waals surface area (Å²) in [6.07, 6.45) is 1.12. The molecule has 3 heterocycles. The zero-order valence-corrected chi connectivity index (χ0v) is 10.3. The van der Waals surface area contributed by atoms with E-state index in [1.807, 2.05) is 11.3 Å². The topological polar surface area (TPSA) is 31.9 Å². The molecule has 0 aliphatic carbocycles. The van der Waals surface area contributed by atoms with E-state index in [1.54, 1.807) is 11.3 Å². The molecule has 3 rings (SSSR count). The van der Waals surface area contributed by atoms with E-state index in [0.717, 1.165) is 28.6 Å². The third kappa shape index (κ3) is 1.73. The lowest BCUT2D eigenvalue weighted by Gasteiger charge is -2.25. The van der Waals surface area contributed by atoms with Crippen molar-refractivity contribution < 1.29 is 0 Å². The molecule has 0 saturated heterocycles. The molecule has 1 aliphatic rings. The molecule has 0 radical (unpaired) electrons. The van der Waals surface area contributed by atoms with Crippen molar-refractivity contribution in [2.45, 2.75) is 13.0 Å². The molecule has 1 N–H and O–H groups in total. The Kier molecular flexibility index (Phi) is 2.34. The van der Waals surface area contributed by atoms with Gasteiger partial charge in [0.1, 0.15) is 0 Å². The maximum Gasteiger partial charge on any atom is 0.207 e. The second kappa shape index (κ2) is 3.70. The van der Waals surface area contributed by atoms with E-state index in [9.17, 15) is 0 Å². The molecule has 0 atom stereocenters. The highest BCUT2D eigenvalue weighted by molar-refractivity contribution is 7.73. The van der Waals surface area contributed by atoms with Gasteiger partial charge in [-0.1, -0.05) is 11.3 Å². The molecule has 2 aromatic rings. The number of nitrogens with zero attached hydrogens (tertiary/aromatic N) is 2. The van der Waals surface area contributed by atoms with Gasteiger partial charge in [0.15, 0.2) is 3.95 Å².